The van der Waals surface area contributed by atoms with Crippen LogP contribution in [-0.4, -0.2) is 47.9 Å². The number of rotatable bonds is 9. The van der Waals surface area contributed by atoms with Gasteiger partial charge in [0.05, 0.1) is 23.1 Å². The molecule has 0 spiro atoms. The summed E-state index contributed by atoms with van der Waals surface area (Å²) < 4.78 is 9.81. The molecule has 0 N–H and O–H groups in total. The molecule has 8 aromatic rings. The van der Waals surface area contributed by atoms with E-state index in [4.69, 9.17) is 23.2 Å². The third-order valence-corrected chi connectivity index (χ3v) is 9.17. The van der Waals surface area contributed by atoms with Gasteiger partial charge in [0.25, 0.3) is 11.1 Å². The Balaban J connectivity index is 1.11. The minimum atomic E-state index is -0.162. The summed E-state index contributed by atoms with van der Waals surface area (Å²) in [6, 6.07) is 18.7. The molecule has 0 bridgehead atoms. The summed E-state index contributed by atoms with van der Waals surface area (Å²) in [6.45, 7) is 1.97. The van der Waals surface area contributed by atoms with Crippen molar-refractivity contribution in [1.82, 2.24) is 47.9 Å². The van der Waals surface area contributed by atoms with Crippen molar-refractivity contribution in [2.45, 2.75) is 26.2 Å². The van der Waals surface area contributed by atoms with Crippen LogP contribution in [0.4, 0.5) is 0 Å². The van der Waals surface area contributed by atoms with Crippen LogP contribution in [0, 0.1) is 0 Å². The lowest BCUT2D eigenvalue weighted by atomic mass is 9.97. The highest BCUT2D eigenvalue weighted by molar-refractivity contribution is 6.39. The van der Waals surface area contributed by atoms with Crippen molar-refractivity contribution >= 4 is 34.2 Å². The summed E-state index contributed by atoms with van der Waals surface area (Å²) in [7, 11) is 0. The van der Waals surface area contributed by atoms with E-state index >= 15 is 0 Å². The molecule has 0 aliphatic rings. The van der Waals surface area contributed by atoms with Crippen LogP contribution in [0.3, 0.4) is 0 Å². The van der Waals surface area contributed by atoms with Gasteiger partial charge in [0, 0.05) is 83.7 Å². The van der Waals surface area contributed by atoms with Crippen LogP contribution in [0.5, 0.6) is 0 Å². The highest BCUT2D eigenvalue weighted by Gasteiger charge is 2.18. The van der Waals surface area contributed by atoms with Gasteiger partial charge in [-0.1, -0.05) is 59.6 Å². The van der Waals surface area contributed by atoms with Gasteiger partial charge in [-0.25, -0.2) is 9.03 Å². The van der Waals surface area contributed by atoms with E-state index < -0.39 is 0 Å². The fourth-order valence-corrected chi connectivity index (χ4v) is 6.55. The molecule has 0 radical (unpaired) electrons. The topological polar surface area (TPSA) is 114 Å². The Bertz CT molecular complexity index is 2370. The molecular formula is C34H26Cl2N10O2. The van der Waals surface area contributed by atoms with Crippen LogP contribution in [-0.2, 0) is 26.2 Å². The van der Waals surface area contributed by atoms with Crippen molar-refractivity contribution in [3.05, 3.63) is 141 Å². The van der Waals surface area contributed by atoms with Crippen LogP contribution in [0.1, 0.15) is 0 Å². The largest absolute Gasteiger partial charge is 0.294 e. The van der Waals surface area contributed by atoms with E-state index in [1.807, 2.05) is 60.9 Å². The molecule has 2 aromatic carbocycles. The van der Waals surface area contributed by atoms with Crippen molar-refractivity contribution in [2.24, 2.45) is 0 Å². The summed E-state index contributed by atoms with van der Waals surface area (Å²) in [5.74, 6) is 0. The van der Waals surface area contributed by atoms with Gasteiger partial charge in [-0.05, 0) is 24.3 Å². The maximum absolute atomic E-state index is 13.3. The number of hydrogen-bond donors (Lipinski definition) is 0. The van der Waals surface area contributed by atoms with Crippen LogP contribution in [0.2, 0.25) is 10.0 Å². The number of aromatic nitrogens is 10. The van der Waals surface area contributed by atoms with Gasteiger partial charge >= 0.3 is 0 Å². The van der Waals surface area contributed by atoms with Crippen LogP contribution < -0.4 is 11.1 Å². The van der Waals surface area contributed by atoms with Gasteiger partial charge in [-0.15, -0.1) is 0 Å². The molecule has 48 heavy (non-hydrogen) atoms. The Morgan fingerprint density at radius 1 is 0.542 bits per heavy atom. The number of hydrogen-bond acceptors (Lipinski definition) is 6. The van der Waals surface area contributed by atoms with Crippen LogP contribution in [0.15, 0.2) is 120 Å². The lowest BCUT2D eigenvalue weighted by Gasteiger charge is -2.13. The lowest BCUT2D eigenvalue weighted by molar-refractivity contribution is 0.515. The summed E-state index contributed by atoms with van der Waals surface area (Å²) in [6.07, 6.45) is 13.8. The summed E-state index contributed by atoms with van der Waals surface area (Å²) in [4.78, 5) is 26.6. The van der Waals surface area contributed by atoms with Crippen molar-refractivity contribution in [3.8, 4) is 33.4 Å². The molecule has 6 heterocycles. The average molecular weight is 678 g/mol. The van der Waals surface area contributed by atoms with E-state index in [1.165, 1.54) is 12.7 Å². The molecule has 0 amide bonds. The fraction of sp³-hybridized carbons (Fsp3) is 0.118. The molecule has 0 atom stereocenters. The minimum Gasteiger partial charge on any atom is -0.294 e. The zero-order chi connectivity index (χ0) is 32.8. The second kappa shape index (κ2) is 12.1. The van der Waals surface area contributed by atoms with Gasteiger partial charge in [0.15, 0.2) is 0 Å². The average Bonchev–Trinajstić information content (AvgIpc) is 3.92. The quantitative estimate of drug-likeness (QED) is 0.202. The Labute approximate surface area is 282 Å². The number of halogens is 2. The third kappa shape index (κ3) is 5.30. The molecule has 0 fully saturated rings. The third-order valence-electron chi connectivity index (χ3n) is 8.36. The Morgan fingerprint density at radius 3 is 1.40 bits per heavy atom. The van der Waals surface area contributed by atoms with Crippen molar-refractivity contribution in [1.29, 1.82) is 0 Å². The first kappa shape index (κ1) is 29.7. The number of nitrogens with zero attached hydrogens (tertiary/aromatic N) is 10. The molecule has 12 nitrogen and oxygen atoms in total. The number of aryl methyl sites for hydroxylation is 4. The lowest BCUT2D eigenvalue weighted by Crippen LogP contribution is -2.24. The molecule has 0 aliphatic carbocycles. The van der Waals surface area contributed by atoms with E-state index in [2.05, 4.69) is 20.4 Å². The SMILES string of the molecule is O=c1c2cc(-c3cccc(-c4cccc(-c5cc6c(=O)n(CCn7cccn7)cnn6c5)c4Cl)c3Cl)cn2ncn1CCn1cccn1. The standard InChI is InChI=1S/C34H26Cl2N10O2/c35-31-25(23-17-29-33(47)41(21-39-45(29)19-23)13-15-43-11-3-9-37-43)5-1-7-27(31)28-8-2-6-26(32(28)36)24-18-30-34(48)42(22-40-46(30)20-24)14-16-44-12-4-10-38-44/h1-12,17-22H,13-16H2. The monoisotopic (exact) mass is 676 g/mol. The summed E-state index contributed by atoms with van der Waals surface area (Å²) in [5.41, 5.74) is 4.96. The molecule has 8 rings (SSSR count). The molecule has 14 heteroatoms. The zero-order valence-corrected chi connectivity index (χ0v) is 26.8. The molecule has 0 aliphatic heterocycles. The maximum Gasteiger partial charge on any atom is 0.277 e. The normalized spacial score (nSPS) is 11.6. The van der Waals surface area contributed by atoms with Gasteiger partial charge in [-0.3, -0.25) is 28.1 Å². The molecule has 0 saturated carbocycles. The molecule has 0 unspecified atom stereocenters. The van der Waals surface area contributed by atoms with Gasteiger partial charge < -0.3 is 0 Å². The van der Waals surface area contributed by atoms with Gasteiger partial charge in [0.1, 0.15) is 23.7 Å². The highest BCUT2D eigenvalue weighted by Crippen LogP contribution is 2.42. The summed E-state index contributed by atoms with van der Waals surface area (Å²) in [5, 5.41) is 18.3. The first-order chi connectivity index (χ1) is 23.4. The van der Waals surface area contributed by atoms with E-state index in [0.717, 1.165) is 33.4 Å². The second-order valence-electron chi connectivity index (χ2n) is 11.2. The second-order valence-corrected chi connectivity index (χ2v) is 12.0. The predicted molar refractivity (Wildman–Crippen MR) is 183 cm³/mol. The Hall–Kier alpha value is -5.72. The molecule has 238 valence electrons. The predicted octanol–water partition coefficient (Wildman–Crippen LogP) is 5.41. The van der Waals surface area contributed by atoms with Crippen LogP contribution >= 0.6 is 23.2 Å². The molecule has 6 aromatic heterocycles. The van der Waals surface area contributed by atoms with Crippen molar-refractivity contribution in [3.63, 3.8) is 0 Å². The first-order valence-corrected chi connectivity index (χ1v) is 15.9. The van der Waals surface area contributed by atoms with E-state index in [-0.39, 0.29) is 11.1 Å². The van der Waals surface area contributed by atoms with Crippen molar-refractivity contribution < 1.29 is 0 Å². The molecule has 0 saturated heterocycles. The fourth-order valence-electron chi connectivity index (χ4n) is 5.87. The maximum atomic E-state index is 13.3. The molecular weight excluding hydrogens is 651 g/mol. The van der Waals surface area contributed by atoms with E-state index in [9.17, 15) is 9.59 Å². The van der Waals surface area contributed by atoms with Gasteiger partial charge in [0.2, 0.25) is 0 Å². The number of benzene rings is 2. The van der Waals surface area contributed by atoms with E-state index in [1.54, 1.807) is 64.4 Å². The summed E-state index contributed by atoms with van der Waals surface area (Å²) >= 11 is 14.2. The van der Waals surface area contributed by atoms with Crippen molar-refractivity contribution in [2.75, 3.05) is 0 Å². The highest BCUT2D eigenvalue weighted by atomic mass is 35.5. The Morgan fingerprint density at radius 2 is 0.979 bits per heavy atom. The van der Waals surface area contributed by atoms with Gasteiger partial charge in [-0.2, -0.15) is 20.4 Å². The number of fused-ring (bicyclic) bond motifs is 2. The smallest absolute Gasteiger partial charge is 0.277 e. The Kier molecular flexibility index (Phi) is 7.50. The first-order valence-electron chi connectivity index (χ1n) is 15.1. The minimum absolute atomic E-state index is 0.162. The van der Waals surface area contributed by atoms with E-state index in [0.29, 0.717) is 47.3 Å². The van der Waals surface area contributed by atoms with Crippen LogP contribution in [0.25, 0.3) is 44.4 Å². The zero-order valence-electron chi connectivity index (χ0n) is 25.3.